The SMILES string of the molecule is CC(C)(C)OC(=O)N1CCN(Cc2cc([N+](=O)[O-])cc3ccoc23)CC1.O=[N+]([O-])c1cc(CBr)c2occc2c1. The molecule has 0 saturated carbocycles. The predicted molar refractivity (Wildman–Crippen MR) is 151 cm³/mol. The van der Waals surface area contributed by atoms with E-state index < -0.39 is 15.4 Å². The third-order valence-corrected chi connectivity index (χ3v) is 6.81. The van der Waals surface area contributed by atoms with E-state index in [1.165, 1.54) is 24.5 Å². The molecule has 5 rings (SSSR count). The minimum Gasteiger partial charge on any atom is -0.464 e. The zero-order valence-corrected chi connectivity index (χ0v) is 23.9. The Hall–Kier alpha value is -3.97. The highest BCUT2D eigenvalue weighted by molar-refractivity contribution is 9.08. The fraction of sp³-hybridized carbons (Fsp3) is 0.370. The lowest BCUT2D eigenvalue weighted by Crippen LogP contribution is -2.49. The Morgan fingerprint density at radius 2 is 1.40 bits per heavy atom. The number of ether oxygens (including phenoxy) is 1. The number of nitro groups is 2. The molecular formula is C27H29BrN4O8. The largest absolute Gasteiger partial charge is 0.464 e. The number of halogens is 1. The van der Waals surface area contributed by atoms with Crippen molar-refractivity contribution in [3.63, 3.8) is 0 Å². The molecule has 1 aliphatic rings. The summed E-state index contributed by atoms with van der Waals surface area (Å²) in [6, 6.07) is 9.54. The van der Waals surface area contributed by atoms with Gasteiger partial charge >= 0.3 is 6.09 Å². The summed E-state index contributed by atoms with van der Waals surface area (Å²) < 4.78 is 16.1. The van der Waals surface area contributed by atoms with Gasteiger partial charge in [0.1, 0.15) is 16.8 Å². The van der Waals surface area contributed by atoms with Crippen LogP contribution in [-0.4, -0.2) is 57.5 Å². The van der Waals surface area contributed by atoms with Gasteiger partial charge in [0.05, 0.1) is 22.4 Å². The Morgan fingerprint density at radius 1 is 0.900 bits per heavy atom. The molecule has 1 aliphatic heterocycles. The van der Waals surface area contributed by atoms with E-state index in [9.17, 15) is 25.0 Å². The van der Waals surface area contributed by atoms with Crippen LogP contribution in [0.15, 0.2) is 57.8 Å². The monoisotopic (exact) mass is 616 g/mol. The molecule has 3 heterocycles. The Balaban J connectivity index is 0.000000222. The van der Waals surface area contributed by atoms with Crippen LogP contribution in [0.2, 0.25) is 0 Å². The number of amides is 1. The molecule has 0 bridgehead atoms. The van der Waals surface area contributed by atoms with Gasteiger partial charge in [0, 0.05) is 84.2 Å². The van der Waals surface area contributed by atoms with Crippen LogP contribution in [0.5, 0.6) is 0 Å². The van der Waals surface area contributed by atoms with Gasteiger partial charge < -0.3 is 18.5 Å². The second kappa shape index (κ2) is 12.0. The summed E-state index contributed by atoms with van der Waals surface area (Å²) in [6.45, 7) is 8.53. The molecular weight excluding hydrogens is 588 g/mol. The number of hydrogen-bond donors (Lipinski definition) is 0. The second-order valence-electron chi connectivity index (χ2n) is 10.3. The van der Waals surface area contributed by atoms with Crippen molar-refractivity contribution < 1.29 is 28.2 Å². The summed E-state index contributed by atoms with van der Waals surface area (Å²) in [5.41, 5.74) is 2.58. The maximum Gasteiger partial charge on any atom is 0.410 e. The van der Waals surface area contributed by atoms with Gasteiger partial charge in [0.15, 0.2) is 0 Å². The van der Waals surface area contributed by atoms with Crippen LogP contribution in [0.3, 0.4) is 0 Å². The van der Waals surface area contributed by atoms with Crippen LogP contribution in [0.25, 0.3) is 21.9 Å². The zero-order valence-electron chi connectivity index (χ0n) is 22.3. The molecule has 40 heavy (non-hydrogen) atoms. The summed E-state index contributed by atoms with van der Waals surface area (Å²) in [5.74, 6) is 0. The third-order valence-electron chi connectivity index (χ3n) is 6.21. The number of fused-ring (bicyclic) bond motifs is 2. The standard InChI is InChI=1S/C18H23N3O5.C9H6BrNO3/c1-18(2,3)26-17(22)20-7-5-19(6-8-20)12-14-11-15(21(23)24)10-13-4-9-25-16(13)14;10-5-7-4-8(11(12)13)3-6-1-2-14-9(6)7/h4,9-11H,5-8,12H2,1-3H3;1-4H,5H2. The normalized spacial score (nSPS) is 14.2. The van der Waals surface area contributed by atoms with Crippen molar-refractivity contribution in [2.75, 3.05) is 26.2 Å². The average Bonchev–Trinajstić information content (AvgIpc) is 3.57. The van der Waals surface area contributed by atoms with Crippen LogP contribution >= 0.6 is 15.9 Å². The van der Waals surface area contributed by atoms with Crippen molar-refractivity contribution in [1.29, 1.82) is 0 Å². The molecule has 12 nitrogen and oxygen atoms in total. The van der Waals surface area contributed by atoms with Crippen molar-refractivity contribution >= 4 is 55.3 Å². The first kappa shape index (κ1) is 29.0. The molecule has 0 aliphatic carbocycles. The van der Waals surface area contributed by atoms with Gasteiger partial charge in [-0.25, -0.2) is 4.79 Å². The van der Waals surface area contributed by atoms with Gasteiger partial charge in [0.25, 0.3) is 11.4 Å². The Morgan fingerprint density at radius 3 is 1.88 bits per heavy atom. The molecule has 1 fully saturated rings. The Kier molecular flexibility index (Phi) is 8.74. The maximum absolute atomic E-state index is 12.1. The molecule has 4 aromatic rings. The summed E-state index contributed by atoms with van der Waals surface area (Å²) in [6.07, 6.45) is 2.76. The summed E-state index contributed by atoms with van der Waals surface area (Å²) >= 11 is 3.26. The van der Waals surface area contributed by atoms with Crippen LogP contribution in [0, 0.1) is 20.2 Å². The number of nitro benzene ring substituents is 2. The lowest BCUT2D eigenvalue weighted by atomic mass is 10.1. The first-order valence-electron chi connectivity index (χ1n) is 12.5. The summed E-state index contributed by atoms with van der Waals surface area (Å²) in [5, 5.41) is 23.8. The molecule has 212 valence electrons. The molecule has 0 radical (unpaired) electrons. The van der Waals surface area contributed by atoms with Gasteiger partial charge in [-0.05, 0) is 32.9 Å². The van der Waals surface area contributed by atoms with Crippen molar-refractivity contribution in [3.8, 4) is 0 Å². The van der Waals surface area contributed by atoms with Gasteiger partial charge in [-0.1, -0.05) is 15.9 Å². The van der Waals surface area contributed by atoms with Gasteiger partial charge in [-0.15, -0.1) is 0 Å². The topological polar surface area (TPSA) is 145 Å². The second-order valence-corrected chi connectivity index (χ2v) is 10.8. The number of furan rings is 2. The van der Waals surface area contributed by atoms with Gasteiger partial charge in [-0.2, -0.15) is 0 Å². The maximum atomic E-state index is 12.1. The number of alkyl halides is 1. The number of non-ortho nitro benzene ring substituents is 2. The van der Waals surface area contributed by atoms with Crippen LogP contribution in [0.1, 0.15) is 31.9 Å². The number of hydrogen-bond acceptors (Lipinski definition) is 9. The molecule has 0 N–H and O–H groups in total. The molecule has 1 amide bonds. The van der Waals surface area contributed by atoms with Crippen LogP contribution < -0.4 is 0 Å². The minimum absolute atomic E-state index is 0.0568. The minimum atomic E-state index is -0.512. The highest BCUT2D eigenvalue weighted by Crippen LogP contribution is 2.29. The van der Waals surface area contributed by atoms with Crippen molar-refractivity contribution in [3.05, 3.63) is 80.3 Å². The molecule has 13 heteroatoms. The van der Waals surface area contributed by atoms with Gasteiger partial charge in [0.2, 0.25) is 0 Å². The van der Waals surface area contributed by atoms with Gasteiger partial charge in [-0.3, -0.25) is 25.1 Å². The fourth-order valence-corrected chi connectivity index (χ4v) is 4.78. The molecule has 1 saturated heterocycles. The van der Waals surface area contributed by atoms with Crippen molar-refractivity contribution in [1.82, 2.24) is 9.80 Å². The van der Waals surface area contributed by atoms with E-state index in [0.29, 0.717) is 49.2 Å². The highest BCUT2D eigenvalue weighted by atomic mass is 79.9. The van der Waals surface area contributed by atoms with E-state index in [1.54, 1.807) is 29.4 Å². The number of nitrogens with zero attached hydrogens (tertiary/aromatic N) is 4. The number of rotatable bonds is 5. The summed E-state index contributed by atoms with van der Waals surface area (Å²) in [7, 11) is 0. The third kappa shape index (κ3) is 6.96. The average molecular weight is 617 g/mol. The lowest BCUT2D eigenvalue weighted by Gasteiger charge is -2.35. The van der Waals surface area contributed by atoms with Crippen LogP contribution in [0.4, 0.5) is 16.2 Å². The van der Waals surface area contributed by atoms with E-state index in [0.717, 1.165) is 21.9 Å². The van der Waals surface area contributed by atoms with Crippen molar-refractivity contribution in [2.24, 2.45) is 0 Å². The van der Waals surface area contributed by atoms with E-state index in [1.807, 2.05) is 20.8 Å². The van der Waals surface area contributed by atoms with E-state index in [4.69, 9.17) is 13.6 Å². The molecule has 2 aromatic carbocycles. The number of carbonyl (C=O) groups excluding carboxylic acids is 1. The predicted octanol–water partition coefficient (Wildman–Crippen LogP) is 6.63. The molecule has 0 spiro atoms. The number of benzene rings is 2. The highest BCUT2D eigenvalue weighted by Gasteiger charge is 2.26. The number of carbonyl (C=O) groups is 1. The van der Waals surface area contributed by atoms with Crippen LogP contribution in [-0.2, 0) is 16.6 Å². The van der Waals surface area contributed by atoms with E-state index in [2.05, 4.69) is 20.8 Å². The van der Waals surface area contributed by atoms with Crippen molar-refractivity contribution in [2.45, 2.75) is 38.2 Å². The Bertz CT molecular complexity index is 1530. The fourth-order valence-electron chi connectivity index (χ4n) is 4.36. The first-order valence-corrected chi connectivity index (χ1v) is 13.6. The molecule has 0 unspecified atom stereocenters. The summed E-state index contributed by atoms with van der Waals surface area (Å²) in [4.78, 5) is 36.9. The van der Waals surface area contributed by atoms with E-state index >= 15 is 0 Å². The van der Waals surface area contributed by atoms with E-state index in [-0.39, 0.29) is 17.5 Å². The quantitative estimate of drug-likeness (QED) is 0.137. The zero-order chi connectivity index (χ0) is 29.0. The number of piperazine rings is 1. The molecule has 0 atom stereocenters. The first-order chi connectivity index (χ1) is 18.9. The lowest BCUT2D eigenvalue weighted by molar-refractivity contribution is -0.384. The smallest absolute Gasteiger partial charge is 0.410 e. The Labute approximate surface area is 237 Å². The molecule has 2 aromatic heterocycles.